The lowest BCUT2D eigenvalue weighted by Crippen LogP contribution is -2.20. The fourth-order valence-electron chi connectivity index (χ4n) is 2.01. The molecule has 5 heteroatoms. The fraction of sp³-hybridized carbons (Fsp3) is 0.200. The zero-order chi connectivity index (χ0) is 14.5. The largest absolute Gasteiger partial charge is 0.465 e. The molecule has 2 N–H and O–H groups in total. The SMILES string of the molecule is COC(=O)c1cc(N)ccc1N(C)Cc1cccnc1. The lowest BCUT2D eigenvalue weighted by molar-refractivity contribution is 0.0601. The monoisotopic (exact) mass is 271 g/mol. The maximum absolute atomic E-state index is 11.8. The number of pyridine rings is 1. The summed E-state index contributed by atoms with van der Waals surface area (Å²) in [6.07, 6.45) is 3.53. The van der Waals surface area contributed by atoms with Crippen LogP contribution >= 0.6 is 0 Å². The summed E-state index contributed by atoms with van der Waals surface area (Å²) in [6, 6.07) is 9.08. The molecule has 0 fully saturated rings. The molecule has 1 heterocycles. The Hall–Kier alpha value is -2.56. The highest BCUT2D eigenvalue weighted by Gasteiger charge is 2.15. The number of carbonyl (C=O) groups excluding carboxylic acids is 1. The molecule has 2 aromatic rings. The number of benzene rings is 1. The molecule has 0 spiro atoms. The minimum absolute atomic E-state index is 0.398. The summed E-state index contributed by atoms with van der Waals surface area (Å²) in [5.74, 6) is -0.398. The van der Waals surface area contributed by atoms with Crippen molar-refractivity contribution in [2.24, 2.45) is 0 Å². The average Bonchev–Trinajstić information content (AvgIpc) is 2.47. The molecule has 0 aliphatic heterocycles. The third-order valence-corrected chi connectivity index (χ3v) is 2.98. The van der Waals surface area contributed by atoms with Crippen molar-refractivity contribution in [3.8, 4) is 0 Å². The fourth-order valence-corrected chi connectivity index (χ4v) is 2.01. The molecule has 0 aliphatic carbocycles. The molecule has 0 saturated carbocycles. The molecule has 2 rings (SSSR count). The van der Waals surface area contributed by atoms with Gasteiger partial charge in [0.2, 0.25) is 0 Å². The second kappa shape index (κ2) is 6.06. The zero-order valence-electron chi connectivity index (χ0n) is 11.5. The third-order valence-electron chi connectivity index (χ3n) is 2.98. The van der Waals surface area contributed by atoms with Crippen molar-refractivity contribution >= 4 is 17.3 Å². The van der Waals surface area contributed by atoms with Crippen LogP contribution in [0.5, 0.6) is 0 Å². The molecule has 0 bridgehead atoms. The van der Waals surface area contributed by atoms with Crippen LogP contribution in [0.15, 0.2) is 42.7 Å². The smallest absolute Gasteiger partial charge is 0.340 e. The summed E-state index contributed by atoms with van der Waals surface area (Å²) < 4.78 is 4.80. The van der Waals surface area contributed by atoms with Gasteiger partial charge in [0.1, 0.15) is 0 Å². The highest BCUT2D eigenvalue weighted by atomic mass is 16.5. The van der Waals surface area contributed by atoms with Crippen LogP contribution in [0.1, 0.15) is 15.9 Å². The number of methoxy groups -OCH3 is 1. The summed E-state index contributed by atoms with van der Waals surface area (Å²) in [4.78, 5) is 17.9. The number of hydrogen-bond acceptors (Lipinski definition) is 5. The Morgan fingerprint density at radius 2 is 2.20 bits per heavy atom. The Kier molecular flexibility index (Phi) is 4.20. The summed E-state index contributed by atoms with van der Waals surface area (Å²) in [7, 11) is 3.27. The number of nitrogens with zero attached hydrogens (tertiary/aromatic N) is 2. The first-order valence-electron chi connectivity index (χ1n) is 6.19. The maximum atomic E-state index is 11.8. The molecule has 0 amide bonds. The lowest BCUT2D eigenvalue weighted by atomic mass is 10.1. The topological polar surface area (TPSA) is 68.5 Å². The molecule has 5 nitrogen and oxygen atoms in total. The van der Waals surface area contributed by atoms with E-state index in [-0.39, 0.29) is 0 Å². The second-order valence-electron chi connectivity index (χ2n) is 4.49. The number of hydrogen-bond donors (Lipinski definition) is 1. The van der Waals surface area contributed by atoms with Crippen LogP contribution in [0.4, 0.5) is 11.4 Å². The van der Waals surface area contributed by atoms with Crippen LogP contribution in [0, 0.1) is 0 Å². The van der Waals surface area contributed by atoms with Crippen LogP contribution in [0.3, 0.4) is 0 Å². The van der Waals surface area contributed by atoms with Crippen molar-refractivity contribution in [3.63, 3.8) is 0 Å². The zero-order valence-corrected chi connectivity index (χ0v) is 11.5. The molecule has 0 aliphatic rings. The lowest BCUT2D eigenvalue weighted by Gasteiger charge is -2.22. The summed E-state index contributed by atoms with van der Waals surface area (Å²) in [5.41, 5.74) is 8.56. The van der Waals surface area contributed by atoms with Gasteiger partial charge in [-0.1, -0.05) is 6.07 Å². The van der Waals surface area contributed by atoms with Crippen LogP contribution < -0.4 is 10.6 Å². The molecule has 0 saturated heterocycles. The minimum Gasteiger partial charge on any atom is -0.465 e. The summed E-state index contributed by atoms with van der Waals surface area (Å²) in [5, 5.41) is 0. The highest BCUT2D eigenvalue weighted by molar-refractivity contribution is 5.96. The average molecular weight is 271 g/mol. The Bertz CT molecular complexity index is 599. The standard InChI is InChI=1S/C15H17N3O2/c1-18(10-11-4-3-7-17-9-11)14-6-5-12(16)8-13(14)15(19)20-2/h3-9H,10,16H2,1-2H3. The summed E-state index contributed by atoms with van der Waals surface area (Å²) in [6.45, 7) is 0.641. The van der Waals surface area contributed by atoms with Crippen molar-refractivity contribution in [1.82, 2.24) is 4.98 Å². The van der Waals surface area contributed by atoms with Gasteiger partial charge in [0.15, 0.2) is 0 Å². The van der Waals surface area contributed by atoms with Gasteiger partial charge in [0.25, 0.3) is 0 Å². The van der Waals surface area contributed by atoms with Crippen LogP contribution in [-0.4, -0.2) is 25.1 Å². The van der Waals surface area contributed by atoms with E-state index in [4.69, 9.17) is 10.5 Å². The molecule has 0 atom stereocenters. The van der Waals surface area contributed by atoms with Gasteiger partial charge < -0.3 is 15.4 Å². The molecule has 20 heavy (non-hydrogen) atoms. The van der Waals surface area contributed by atoms with Gasteiger partial charge in [-0.15, -0.1) is 0 Å². The molecule has 0 radical (unpaired) electrons. The van der Waals surface area contributed by atoms with E-state index >= 15 is 0 Å². The number of anilines is 2. The van der Waals surface area contributed by atoms with E-state index in [9.17, 15) is 4.79 Å². The van der Waals surface area contributed by atoms with Crippen molar-refractivity contribution in [2.45, 2.75) is 6.54 Å². The first kappa shape index (κ1) is 13.9. The summed E-state index contributed by atoms with van der Waals surface area (Å²) >= 11 is 0. The predicted molar refractivity (Wildman–Crippen MR) is 78.5 cm³/mol. The first-order chi connectivity index (χ1) is 9.61. The Morgan fingerprint density at radius 3 is 2.85 bits per heavy atom. The molecule has 1 aromatic heterocycles. The van der Waals surface area contributed by atoms with Gasteiger partial charge in [-0.3, -0.25) is 4.98 Å². The van der Waals surface area contributed by atoms with E-state index in [1.807, 2.05) is 30.1 Å². The van der Waals surface area contributed by atoms with Gasteiger partial charge in [-0.2, -0.15) is 0 Å². The number of carbonyl (C=O) groups is 1. The van der Waals surface area contributed by atoms with Crippen LogP contribution in [-0.2, 0) is 11.3 Å². The second-order valence-corrected chi connectivity index (χ2v) is 4.49. The molecular formula is C15H17N3O2. The Labute approximate surface area is 118 Å². The number of ether oxygens (including phenoxy) is 1. The van der Waals surface area contributed by atoms with E-state index in [2.05, 4.69) is 4.98 Å². The van der Waals surface area contributed by atoms with Gasteiger partial charge in [0, 0.05) is 31.7 Å². The van der Waals surface area contributed by atoms with E-state index in [0.717, 1.165) is 11.3 Å². The normalized spacial score (nSPS) is 10.1. The van der Waals surface area contributed by atoms with Gasteiger partial charge >= 0.3 is 5.97 Å². The quantitative estimate of drug-likeness (QED) is 0.681. The predicted octanol–water partition coefficient (Wildman–Crippen LogP) is 2.09. The maximum Gasteiger partial charge on any atom is 0.340 e. The van der Waals surface area contributed by atoms with Crippen molar-refractivity contribution < 1.29 is 9.53 Å². The minimum atomic E-state index is -0.398. The van der Waals surface area contributed by atoms with E-state index < -0.39 is 5.97 Å². The van der Waals surface area contributed by atoms with Gasteiger partial charge in [-0.25, -0.2) is 4.79 Å². The number of rotatable bonds is 4. The van der Waals surface area contributed by atoms with Crippen LogP contribution in [0.25, 0.3) is 0 Å². The van der Waals surface area contributed by atoms with Gasteiger partial charge in [0.05, 0.1) is 18.4 Å². The number of nitrogens with two attached hydrogens (primary N) is 1. The van der Waals surface area contributed by atoms with Crippen molar-refractivity contribution in [1.29, 1.82) is 0 Å². The van der Waals surface area contributed by atoms with Gasteiger partial charge in [-0.05, 0) is 29.8 Å². The molecule has 1 aromatic carbocycles. The Morgan fingerprint density at radius 1 is 1.40 bits per heavy atom. The van der Waals surface area contributed by atoms with Crippen molar-refractivity contribution in [3.05, 3.63) is 53.9 Å². The number of esters is 1. The molecular weight excluding hydrogens is 254 g/mol. The highest BCUT2D eigenvalue weighted by Crippen LogP contribution is 2.24. The van der Waals surface area contributed by atoms with Crippen molar-refractivity contribution in [2.75, 3.05) is 24.8 Å². The number of aromatic nitrogens is 1. The first-order valence-corrected chi connectivity index (χ1v) is 6.19. The molecule has 0 unspecified atom stereocenters. The molecule has 104 valence electrons. The van der Waals surface area contributed by atoms with E-state index in [1.165, 1.54) is 7.11 Å². The van der Waals surface area contributed by atoms with E-state index in [1.54, 1.807) is 24.5 Å². The third kappa shape index (κ3) is 3.06. The van der Waals surface area contributed by atoms with Crippen LogP contribution in [0.2, 0.25) is 0 Å². The Balaban J connectivity index is 2.29. The van der Waals surface area contributed by atoms with E-state index in [0.29, 0.717) is 17.8 Å². The number of nitrogen functional groups attached to an aromatic ring is 1.